The minimum absolute atomic E-state index is 0.0175. The highest BCUT2D eigenvalue weighted by Crippen LogP contribution is 2.47. The first-order chi connectivity index (χ1) is 8.43. The Hall–Kier alpha value is -0.130. The monoisotopic (exact) mass is 289 g/mol. The minimum atomic E-state index is -2.89. The fraction of sp³-hybridized carbons (Fsp3) is 1.00. The summed E-state index contributed by atoms with van der Waals surface area (Å²) in [6, 6.07) is 0.291. The van der Waals surface area contributed by atoms with Crippen LogP contribution in [0.5, 0.6) is 0 Å². The first kappa shape index (κ1) is 15.3. The van der Waals surface area contributed by atoms with E-state index in [4.69, 9.17) is 4.74 Å². The average molecular weight is 289 g/mol. The Morgan fingerprint density at radius 3 is 2.16 bits per heavy atom. The second-order valence-corrected chi connectivity index (χ2v) is 9.81. The van der Waals surface area contributed by atoms with Crippen LogP contribution in [0.1, 0.15) is 47.0 Å². The lowest BCUT2D eigenvalue weighted by Gasteiger charge is -2.29. The first-order valence-corrected chi connectivity index (χ1v) is 9.11. The predicted molar refractivity (Wildman–Crippen MR) is 77.0 cm³/mol. The summed E-state index contributed by atoms with van der Waals surface area (Å²) in [5.41, 5.74) is -0.310. The Morgan fingerprint density at radius 2 is 1.79 bits per heavy atom. The van der Waals surface area contributed by atoms with Crippen molar-refractivity contribution in [2.24, 2.45) is 5.41 Å². The zero-order valence-electron chi connectivity index (χ0n) is 12.7. The van der Waals surface area contributed by atoms with Crippen molar-refractivity contribution in [1.82, 2.24) is 5.32 Å². The van der Waals surface area contributed by atoms with Crippen LogP contribution in [0.2, 0.25) is 0 Å². The molecule has 0 aromatic heterocycles. The summed E-state index contributed by atoms with van der Waals surface area (Å²) < 4.78 is 29.0. The third-order valence-electron chi connectivity index (χ3n) is 4.32. The number of rotatable bonds is 5. The molecule has 2 rings (SSSR count). The number of hydrogen-bond donors (Lipinski definition) is 1. The Bertz CT molecular complexity index is 449. The van der Waals surface area contributed by atoms with Gasteiger partial charge in [-0.3, -0.25) is 0 Å². The van der Waals surface area contributed by atoms with E-state index in [1.54, 1.807) is 0 Å². The summed E-state index contributed by atoms with van der Waals surface area (Å²) in [6.07, 6.45) is 4.34. The van der Waals surface area contributed by atoms with Crippen molar-refractivity contribution >= 4 is 9.84 Å². The quantitative estimate of drug-likeness (QED) is 0.838. The maximum Gasteiger partial charge on any atom is 0.148 e. The van der Waals surface area contributed by atoms with E-state index >= 15 is 0 Å². The van der Waals surface area contributed by atoms with E-state index in [1.807, 2.05) is 0 Å². The van der Waals surface area contributed by atoms with Crippen LogP contribution in [0.15, 0.2) is 0 Å². The highest BCUT2D eigenvalue weighted by molar-refractivity contribution is 7.90. The maximum atomic E-state index is 11.5. The van der Waals surface area contributed by atoms with Crippen molar-refractivity contribution < 1.29 is 13.2 Å². The third kappa shape index (κ3) is 3.92. The summed E-state index contributed by atoms with van der Waals surface area (Å²) in [7, 11) is -2.89. The van der Waals surface area contributed by atoms with Crippen LogP contribution >= 0.6 is 0 Å². The molecule has 1 saturated heterocycles. The molecule has 0 aromatic carbocycles. The second-order valence-electron chi connectivity index (χ2n) is 7.67. The molecule has 0 aromatic rings. The largest absolute Gasteiger partial charge is 0.368 e. The van der Waals surface area contributed by atoms with Crippen molar-refractivity contribution in [1.29, 1.82) is 0 Å². The zero-order valence-corrected chi connectivity index (χ0v) is 13.6. The summed E-state index contributed by atoms with van der Waals surface area (Å²) in [4.78, 5) is 0. The fourth-order valence-electron chi connectivity index (χ4n) is 3.33. The Kier molecular flexibility index (Phi) is 3.56. The molecule has 1 heterocycles. The van der Waals surface area contributed by atoms with Crippen LogP contribution in [0.25, 0.3) is 0 Å². The normalized spacial score (nSPS) is 31.3. The van der Waals surface area contributed by atoms with Gasteiger partial charge in [0.2, 0.25) is 0 Å². The molecule has 1 N–H and O–H groups in total. The summed E-state index contributed by atoms with van der Waals surface area (Å²) in [5, 5.41) is 3.56. The Labute approximate surface area is 117 Å². The van der Waals surface area contributed by atoms with E-state index in [0.717, 1.165) is 25.8 Å². The van der Waals surface area contributed by atoms with Gasteiger partial charge >= 0.3 is 0 Å². The van der Waals surface area contributed by atoms with Crippen molar-refractivity contribution in [2.75, 3.05) is 18.6 Å². The van der Waals surface area contributed by atoms with Gasteiger partial charge in [-0.15, -0.1) is 0 Å². The lowest BCUT2D eigenvalue weighted by atomic mass is 9.94. The summed E-state index contributed by atoms with van der Waals surface area (Å²) >= 11 is 0. The van der Waals surface area contributed by atoms with Gasteiger partial charge in [0.25, 0.3) is 0 Å². The van der Waals surface area contributed by atoms with Gasteiger partial charge in [-0.25, -0.2) is 8.42 Å². The van der Waals surface area contributed by atoms with Gasteiger partial charge in [0.1, 0.15) is 9.84 Å². The molecule has 1 unspecified atom stereocenters. The Morgan fingerprint density at radius 1 is 1.21 bits per heavy atom. The molecular weight excluding hydrogens is 262 g/mol. The maximum absolute atomic E-state index is 11.5. The van der Waals surface area contributed by atoms with Crippen LogP contribution in [-0.2, 0) is 14.6 Å². The molecule has 5 heteroatoms. The van der Waals surface area contributed by atoms with Crippen molar-refractivity contribution in [2.45, 2.75) is 64.2 Å². The van der Waals surface area contributed by atoms with Gasteiger partial charge in [0.15, 0.2) is 0 Å². The van der Waals surface area contributed by atoms with Crippen LogP contribution in [-0.4, -0.2) is 44.2 Å². The minimum Gasteiger partial charge on any atom is -0.368 e. The molecule has 1 atom stereocenters. The number of ether oxygens (including phenoxy) is 1. The van der Waals surface area contributed by atoms with E-state index in [9.17, 15) is 8.42 Å². The third-order valence-corrected chi connectivity index (χ3v) is 5.46. The topological polar surface area (TPSA) is 55.4 Å². The predicted octanol–water partition coefficient (Wildman–Crippen LogP) is 1.75. The molecule has 2 fully saturated rings. The van der Waals surface area contributed by atoms with Crippen molar-refractivity contribution in [3.8, 4) is 0 Å². The van der Waals surface area contributed by atoms with Crippen molar-refractivity contribution in [3.05, 3.63) is 0 Å². The van der Waals surface area contributed by atoms with Crippen LogP contribution in [0, 0.1) is 5.41 Å². The molecule has 0 spiro atoms. The molecular formula is C14H27NO3S. The van der Waals surface area contributed by atoms with Crippen LogP contribution in [0.4, 0.5) is 0 Å². The first-order valence-electron chi connectivity index (χ1n) is 7.05. The van der Waals surface area contributed by atoms with Gasteiger partial charge in [0, 0.05) is 18.8 Å². The van der Waals surface area contributed by atoms with Gasteiger partial charge in [0.05, 0.1) is 17.0 Å². The number of hydrogen-bond acceptors (Lipinski definition) is 4. The average Bonchev–Trinajstić information content (AvgIpc) is 2.82. The summed E-state index contributed by atoms with van der Waals surface area (Å²) in [5.74, 6) is 0.310. The Balaban J connectivity index is 1.93. The molecule has 1 saturated carbocycles. The molecule has 4 nitrogen and oxygen atoms in total. The second kappa shape index (κ2) is 4.43. The highest BCUT2D eigenvalue weighted by Gasteiger charge is 2.49. The van der Waals surface area contributed by atoms with Crippen LogP contribution < -0.4 is 5.32 Å². The van der Waals surface area contributed by atoms with E-state index < -0.39 is 9.84 Å². The smallest absolute Gasteiger partial charge is 0.148 e. The van der Waals surface area contributed by atoms with Gasteiger partial charge in [-0.05, 0) is 52.4 Å². The van der Waals surface area contributed by atoms with Gasteiger partial charge in [-0.2, -0.15) is 0 Å². The molecule has 1 aliphatic carbocycles. The molecule has 0 bridgehead atoms. The molecule has 19 heavy (non-hydrogen) atoms. The van der Waals surface area contributed by atoms with Crippen LogP contribution in [0.3, 0.4) is 0 Å². The van der Waals surface area contributed by atoms with Crippen molar-refractivity contribution in [3.63, 3.8) is 0 Å². The highest BCUT2D eigenvalue weighted by atomic mass is 32.2. The molecule has 1 aliphatic heterocycles. The SMILES string of the molecule is CC1(C)CC(NCC2(CS(C)(=O)=O)CC2)C(C)(C)O1. The van der Waals surface area contributed by atoms with Gasteiger partial charge < -0.3 is 10.1 Å². The fourth-order valence-corrected chi connectivity index (χ4v) is 4.83. The van der Waals surface area contributed by atoms with E-state index in [2.05, 4.69) is 33.0 Å². The van der Waals surface area contributed by atoms with E-state index in [1.165, 1.54) is 6.26 Å². The van der Waals surface area contributed by atoms with Gasteiger partial charge in [-0.1, -0.05) is 0 Å². The zero-order chi connectivity index (χ0) is 14.5. The standard InChI is InChI=1S/C14H27NO3S/c1-12(2)8-11(13(3,4)18-12)15-9-14(6-7-14)10-19(5,16)17/h11,15H,6-10H2,1-5H3. The molecule has 112 valence electrons. The summed E-state index contributed by atoms with van der Waals surface area (Å²) in [6.45, 7) is 9.22. The number of nitrogens with one attached hydrogen (secondary N) is 1. The lowest BCUT2D eigenvalue weighted by Crippen LogP contribution is -2.46. The lowest BCUT2D eigenvalue weighted by molar-refractivity contribution is -0.0699. The van der Waals surface area contributed by atoms with E-state index in [0.29, 0.717) is 11.8 Å². The molecule has 2 aliphatic rings. The molecule has 0 radical (unpaired) electrons. The molecule has 0 amide bonds. The number of sulfone groups is 1. The van der Waals surface area contributed by atoms with E-state index in [-0.39, 0.29) is 16.6 Å².